The van der Waals surface area contributed by atoms with Crippen LogP contribution in [-0.2, 0) is 14.1 Å². The summed E-state index contributed by atoms with van der Waals surface area (Å²) in [6.45, 7) is 4.05. The molecule has 0 aliphatic heterocycles. The topological polar surface area (TPSA) is 34.6 Å². The lowest BCUT2D eigenvalue weighted by atomic mass is 10.1. The number of hydrogen-bond donors (Lipinski definition) is 0. The lowest BCUT2D eigenvalue weighted by molar-refractivity contribution is -0.742. The maximum atomic E-state index is 4.54. The third kappa shape index (κ3) is 1.52. The van der Waals surface area contributed by atoms with Crippen LogP contribution in [0.2, 0.25) is 0 Å². The molecule has 2 aromatic rings. The molecule has 2 rings (SSSR count). The van der Waals surface area contributed by atoms with Crippen molar-refractivity contribution < 1.29 is 4.68 Å². The Balaban J connectivity index is 2.65. The maximum absolute atomic E-state index is 4.54. The fourth-order valence-electron chi connectivity index (χ4n) is 1.62. The monoisotopic (exact) mass is 203 g/mol. The highest BCUT2D eigenvalue weighted by Gasteiger charge is 2.20. The molecule has 0 N–H and O–H groups in total. The Hall–Kier alpha value is -1.71. The Bertz CT molecular complexity index is 499. The highest BCUT2D eigenvalue weighted by Crippen LogP contribution is 2.16. The van der Waals surface area contributed by atoms with E-state index in [-0.39, 0.29) is 0 Å². The molecule has 4 nitrogen and oxygen atoms in total. The Morgan fingerprint density at radius 1 is 1.33 bits per heavy atom. The van der Waals surface area contributed by atoms with Crippen LogP contribution in [0.15, 0.2) is 18.5 Å². The van der Waals surface area contributed by atoms with Gasteiger partial charge in [-0.1, -0.05) is 0 Å². The molecule has 0 radical (unpaired) electrons. The molecule has 0 saturated heterocycles. The Morgan fingerprint density at radius 3 is 2.60 bits per heavy atom. The smallest absolute Gasteiger partial charge is 0.264 e. The molecule has 4 heteroatoms. The molecule has 0 unspecified atom stereocenters. The van der Waals surface area contributed by atoms with Crippen molar-refractivity contribution in [1.29, 1.82) is 0 Å². The number of aryl methyl sites for hydroxylation is 2. The van der Waals surface area contributed by atoms with Gasteiger partial charge in [0, 0.05) is 19.3 Å². The van der Waals surface area contributed by atoms with Crippen molar-refractivity contribution in [3.8, 4) is 11.4 Å². The van der Waals surface area contributed by atoms with Crippen LogP contribution in [0, 0.1) is 13.8 Å². The van der Waals surface area contributed by atoms with Crippen LogP contribution in [-0.4, -0.2) is 14.6 Å². The van der Waals surface area contributed by atoms with Crippen LogP contribution in [0.5, 0.6) is 0 Å². The molecule has 0 aliphatic rings. The second-order valence-corrected chi connectivity index (χ2v) is 3.72. The first-order chi connectivity index (χ1) is 7.11. The van der Waals surface area contributed by atoms with Gasteiger partial charge >= 0.3 is 5.82 Å². The van der Waals surface area contributed by atoms with Gasteiger partial charge in [-0.05, 0) is 23.5 Å². The fraction of sp³-hybridized carbons (Fsp3) is 0.364. The average Bonchev–Trinajstić information content (AvgIpc) is 2.47. The zero-order valence-electron chi connectivity index (χ0n) is 9.52. The molecule has 15 heavy (non-hydrogen) atoms. The Labute approximate surface area is 89.2 Å². The van der Waals surface area contributed by atoms with Crippen molar-refractivity contribution in [2.45, 2.75) is 13.8 Å². The molecule has 0 spiro atoms. The summed E-state index contributed by atoms with van der Waals surface area (Å²) in [5, 5.41) is 0. The molecule has 0 aromatic carbocycles. The maximum Gasteiger partial charge on any atom is 0.351 e. The lowest BCUT2D eigenvalue weighted by Gasteiger charge is -1.98. The highest BCUT2D eigenvalue weighted by atomic mass is 15.4. The van der Waals surface area contributed by atoms with Gasteiger partial charge in [-0.3, -0.25) is 4.98 Å². The van der Waals surface area contributed by atoms with E-state index in [1.807, 2.05) is 49.6 Å². The van der Waals surface area contributed by atoms with Crippen molar-refractivity contribution in [2.75, 3.05) is 0 Å². The summed E-state index contributed by atoms with van der Waals surface area (Å²) in [6, 6.07) is 2.00. The predicted molar refractivity (Wildman–Crippen MR) is 57.1 cm³/mol. The molecule has 0 saturated carbocycles. The summed E-state index contributed by atoms with van der Waals surface area (Å²) >= 11 is 0. The van der Waals surface area contributed by atoms with E-state index in [1.54, 1.807) is 6.20 Å². The lowest BCUT2D eigenvalue weighted by Crippen LogP contribution is -2.39. The minimum atomic E-state index is 0.981. The molecular weight excluding hydrogens is 188 g/mol. The number of rotatable bonds is 1. The molecule has 0 fully saturated rings. The summed E-state index contributed by atoms with van der Waals surface area (Å²) in [7, 11) is 4.01. The van der Waals surface area contributed by atoms with Gasteiger partial charge in [0.1, 0.15) is 7.05 Å². The molecule has 78 valence electrons. The van der Waals surface area contributed by atoms with Gasteiger partial charge in [-0.25, -0.2) is 0 Å². The first-order valence-electron chi connectivity index (χ1n) is 4.92. The number of nitrogens with zero attached hydrogens (tertiary/aromatic N) is 4. The summed E-state index contributed by atoms with van der Waals surface area (Å²) in [6.07, 6.45) is 3.66. The Kier molecular flexibility index (Phi) is 2.26. The van der Waals surface area contributed by atoms with Crippen LogP contribution in [0.1, 0.15) is 11.4 Å². The molecule has 0 bridgehead atoms. The van der Waals surface area contributed by atoms with Crippen LogP contribution in [0.4, 0.5) is 0 Å². The first-order valence-corrected chi connectivity index (χ1v) is 4.92. The molecular formula is C11H15N4+. The van der Waals surface area contributed by atoms with E-state index in [0.29, 0.717) is 0 Å². The van der Waals surface area contributed by atoms with Gasteiger partial charge in [0.05, 0.1) is 12.6 Å². The summed E-state index contributed by atoms with van der Waals surface area (Å²) in [4.78, 5) is 8.62. The van der Waals surface area contributed by atoms with Gasteiger partial charge in [-0.2, -0.15) is 9.36 Å². The minimum Gasteiger partial charge on any atom is -0.264 e. The summed E-state index contributed by atoms with van der Waals surface area (Å²) < 4.78 is 4.06. The van der Waals surface area contributed by atoms with E-state index >= 15 is 0 Å². The first kappa shape index (κ1) is 9.83. The standard InChI is InChI=1S/C11H15N4/c1-8-7-12-6-5-10(8)11-13-9(2)14(3)15(11)4/h5-7H,1-4H3/q+1. The average molecular weight is 203 g/mol. The second-order valence-electron chi connectivity index (χ2n) is 3.72. The SMILES string of the molecule is Cc1cnccc1-c1nc(C)n(C)[n+]1C. The van der Waals surface area contributed by atoms with Crippen LogP contribution < -0.4 is 4.68 Å². The summed E-state index contributed by atoms with van der Waals surface area (Å²) in [5.41, 5.74) is 2.28. The van der Waals surface area contributed by atoms with Gasteiger partial charge in [0.2, 0.25) is 0 Å². The highest BCUT2D eigenvalue weighted by molar-refractivity contribution is 5.55. The van der Waals surface area contributed by atoms with E-state index in [4.69, 9.17) is 0 Å². The van der Waals surface area contributed by atoms with Crippen molar-refractivity contribution >= 4 is 0 Å². The second kappa shape index (κ2) is 3.46. The van der Waals surface area contributed by atoms with E-state index in [2.05, 4.69) is 9.97 Å². The summed E-state index contributed by atoms with van der Waals surface area (Å²) in [5.74, 6) is 1.98. The molecule has 0 atom stereocenters. The number of pyridine rings is 1. The van der Waals surface area contributed by atoms with Crippen molar-refractivity contribution in [3.05, 3.63) is 29.8 Å². The third-order valence-corrected chi connectivity index (χ3v) is 2.75. The van der Waals surface area contributed by atoms with E-state index in [9.17, 15) is 0 Å². The molecule has 0 amide bonds. The van der Waals surface area contributed by atoms with Crippen molar-refractivity contribution in [1.82, 2.24) is 14.6 Å². The normalized spacial score (nSPS) is 10.7. The quantitative estimate of drug-likeness (QED) is 0.646. The van der Waals surface area contributed by atoms with Gasteiger partial charge in [0.15, 0.2) is 0 Å². The molecule has 0 aliphatic carbocycles. The fourth-order valence-corrected chi connectivity index (χ4v) is 1.62. The zero-order chi connectivity index (χ0) is 11.0. The van der Waals surface area contributed by atoms with Gasteiger partial charge < -0.3 is 0 Å². The number of hydrogen-bond acceptors (Lipinski definition) is 2. The van der Waals surface area contributed by atoms with E-state index in [0.717, 1.165) is 22.8 Å². The minimum absolute atomic E-state index is 0.981. The zero-order valence-corrected chi connectivity index (χ0v) is 9.52. The van der Waals surface area contributed by atoms with Crippen molar-refractivity contribution in [2.24, 2.45) is 14.1 Å². The largest absolute Gasteiger partial charge is 0.351 e. The van der Waals surface area contributed by atoms with Crippen LogP contribution >= 0.6 is 0 Å². The van der Waals surface area contributed by atoms with Crippen LogP contribution in [0.3, 0.4) is 0 Å². The third-order valence-electron chi connectivity index (χ3n) is 2.75. The van der Waals surface area contributed by atoms with Crippen LogP contribution in [0.25, 0.3) is 11.4 Å². The van der Waals surface area contributed by atoms with E-state index in [1.165, 1.54) is 0 Å². The van der Waals surface area contributed by atoms with Gasteiger partial charge in [-0.15, -0.1) is 0 Å². The Morgan fingerprint density at radius 2 is 2.07 bits per heavy atom. The molecule has 2 heterocycles. The number of aromatic nitrogens is 4. The predicted octanol–water partition coefficient (Wildman–Crippen LogP) is 0.923. The van der Waals surface area contributed by atoms with Crippen molar-refractivity contribution in [3.63, 3.8) is 0 Å². The molecule has 2 aromatic heterocycles. The van der Waals surface area contributed by atoms with Gasteiger partial charge in [0.25, 0.3) is 5.82 Å². The van der Waals surface area contributed by atoms with E-state index < -0.39 is 0 Å².